The van der Waals surface area contributed by atoms with Gasteiger partial charge in [0.25, 0.3) is 0 Å². The van der Waals surface area contributed by atoms with Crippen LogP contribution in [0, 0.1) is 63.2 Å². The van der Waals surface area contributed by atoms with Crippen LogP contribution in [-0.2, 0) is 17.1 Å². The molecule has 1 N–H and O–H groups in total. The zero-order valence-electron chi connectivity index (χ0n) is 17.4. The Morgan fingerprint density at radius 3 is 2.20 bits per heavy atom. The molecule has 30 heavy (non-hydrogen) atoms. The van der Waals surface area contributed by atoms with Crippen molar-refractivity contribution in [1.82, 2.24) is 4.98 Å². The van der Waals surface area contributed by atoms with E-state index in [0.29, 0.717) is 5.02 Å². The van der Waals surface area contributed by atoms with Crippen molar-refractivity contribution in [1.29, 1.82) is 0 Å². The van der Waals surface area contributed by atoms with Crippen molar-refractivity contribution in [3.63, 3.8) is 0 Å². The van der Waals surface area contributed by atoms with Gasteiger partial charge < -0.3 is 33.8 Å². The molecule has 2 aliphatic carbocycles. The fourth-order valence-corrected chi connectivity index (χ4v) is 3.26. The third-order valence-electron chi connectivity index (χ3n) is 4.28. The Kier molecular flexibility index (Phi) is 12.6. The molecule has 158 valence electrons. The zero-order valence-corrected chi connectivity index (χ0v) is 21.4. The summed E-state index contributed by atoms with van der Waals surface area (Å²) < 4.78 is 0.937. The quantitative estimate of drug-likeness (QED) is 0.334. The molecule has 1 aromatic carbocycles. The number of fused-ring (bicyclic) bond motifs is 1. The largest absolute Gasteiger partial charge is 2.00 e. The molecule has 6 heteroatoms. The molecule has 1 aromatic heterocycles. The SMILES string of the molecule is C[N+](C)(C)C[C]1[CH][CH][C](CNc2ccnc3cc(Cl)ccc23)[CH]1.[CH]1[CH][CH][CH][CH]1.[Fe+2].[I-]. The summed E-state index contributed by atoms with van der Waals surface area (Å²) in [7, 11) is 6.62. The van der Waals surface area contributed by atoms with E-state index in [-0.39, 0.29) is 41.0 Å². The van der Waals surface area contributed by atoms with Gasteiger partial charge in [-0.05, 0) is 75.6 Å². The minimum atomic E-state index is 0. The van der Waals surface area contributed by atoms with E-state index in [1.165, 1.54) is 11.8 Å². The fraction of sp³-hybridized carbons (Fsp3) is 0.208. The number of halogens is 2. The molecule has 0 aliphatic heterocycles. The average molecular weight is 576 g/mol. The fourth-order valence-electron chi connectivity index (χ4n) is 3.10. The molecule has 2 fully saturated rings. The normalized spacial score (nSPS) is 17.1. The van der Waals surface area contributed by atoms with Crippen LogP contribution in [0.5, 0.6) is 0 Å². The van der Waals surface area contributed by atoms with Crippen molar-refractivity contribution >= 4 is 28.2 Å². The van der Waals surface area contributed by atoms with Crippen LogP contribution in [0.3, 0.4) is 0 Å². The van der Waals surface area contributed by atoms with Crippen molar-refractivity contribution in [2.75, 3.05) is 39.5 Å². The third-order valence-corrected chi connectivity index (χ3v) is 4.52. The summed E-state index contributed by atoms with van der Waals surface area (Å²) >= 11 is 6.04. The second-order valence-electron chi connectivity index (χ2n) is 7.91. The van der Waals surface area contributed by atoms with Gasteiger partial charge in [-0.2, -0.15) is 0 Å². The summed E-state index contributed by atoms with van der Waals surface area (Å²) in [6, 6.07) is 7.81. The molecular formula is C24H27ClFeIN3+2. The summed E-state index contributed by atoms with van der Waals surface area (Å²) in [6.45, 7) is 1.84. The van der Waals surface area contributed by atoms with Crippen LogP contribution in [0.2, 0.25) is 5.02 Å². The van der Waals surface area contributed by atoms with Gasteiger partial charge in [0.15, 0.2) is 0 Å². The van der Waals surface area contributed by atoms with Gasteiger partial charge in [-0.3, -0.25) is 4.98 Å². The molecule has 0 amide bonds. The molecule has 0 spiro atoms. The van der Waals surface area contributed by atoms with Crippen molar-refractivity contribution in [2.45, 2.75) is 0 Å². The minimum Gasteiger partial charge on any atom is -1.00 e. The van der Waals surface area contributed by atoms with E-state index in [2.05, 4.69) is 50.7 Å². The number of hydrogen-bond donors (Lipinski definition) is 1. The Bertz CT molecular complexity index is 754. The minimum absolute atomic E-state index is 0. The molecule has 0 saturated heterocycles. The van der Waals surface area contributed by atoms with Crippen LogP contribution in [0.15, 0.2) is 30.5 Å². The molecule has 0 atom stereocenters. The Balaban J connectivity index is 0.000000566. The van der Waals surface area contributed by atoms with Crippen LogP contribution >= 0.6 is 11.6 Å². The molecule has 3 nitrogen and oxygen atoms in total. The number of hydrogen-bond acceptors (Lipinski definition) is 2. The Morgan fingerprint density at radius 1 is 0.933 bits per heavy atom. The summed E-state index contributed by atoms with van der Waals surface area (Å²) in [6.07, 6.45) is 18.5. The molecule has 2 aromatic rings. The topological polar surface area (TPSA) is 24.9 Å². The van der Waals surface area contributed by atoms with Crippen molar-refractivity contribution in [3.05, 3.63) is 98.7 Å². The summed E-state index contributed by atoms with van der Waals surface area (Å²) in [4.78, 5) is 4.38. The molecule has 1 heterocycles. The van der Waals surface area contributed by atoms with Crippen LogP contribution in [0.4, 0.5) is 5.69 Å². The second-order valence-corrected chi connectivity index (χ2v) is 8.35. The maximum absolute atomic E-state index is 6.04. The first-order chi connectivity index (χ1) is 13.4. The van der Waals surface area contributed by atoms with Crippen molar-refractivity contribution in [2.24, 2.45) is 0 Å². The summed E-state index contributed by atoms with van der Waals surface area (Å²) in [5.74, 6) is 2.67. The van der Waals surface area contributed by atoms with E-state index >= 15 is 0 Å². The zero-order chi connectivity index (χ0) is 20.0. The number of aromatic nitrogens is 1. The second kappa shape index (κ2) is 13.5. The number of benzene rings is 1. The van der Waals surface area contributed by atoms with Crippen LogP contribution in [0.25, 0.3) is 10.9 Å². The summed E-state index contributed by atoms with van der Waals surface area (Å²) in [5.41, 5.74) is 2.00. The van der Waals surface area contributed by atoms with Crippen molar-refractivity contribution in [3.8, 4) is 0 Å². The average Bonchev–Trinajstić information content (AvgIpc) is 3.33. The van der Waals surface area contributed by atoms with E-state index in [0.717, 1.165) is 34.2 Å². The van der Waals surface area contributed by atoms with E-state index < -0.39 is 0 Å². The Labute approximate surface area is 215 Å². The van der Waals surface area contributed by atoms with Crippen molar-refractivity contribution < 1.29 is 45.5 Å². The standard InChI is InChI=1S/C19H22ClN3.C5H5.Fe.HI/c1-23(2,3)13-15-5-4-14(10-15)12-22-18-8-9-21-19-11-16(20)6-7-17(18)19;1-2-4-5-3-1;;/h4-11H,12-13H2,1-3H3,(H,21,22);1-5H;;1H/q+1;;+2;/p-1. The number of rotatable bonds is 5. The van der Waals surface area contributed by atoms with Gasteiger partial charge in [0, 0.05) is 40.7 Å². The number of quaternary nitrogens is 1. The molecule has 10 radical (unpaired) electrons. The van der Waals surface area contributed by atoms with E-state index in [1.54, 1.807) is 0 Å². The van der Waals surface area contributed by atoms with E-state index in [9.17, 15) is 0 Å². The molecule has 2 aliphatic rings. The van der Waals surface area contributed by atoms with E-state index in [4.69, 9.17) is 11.6 Å². The monoisotopic (exact) mass is 575 g/mol. The number of pyridine rings is 1. The van der Waals surface area contributed by atoms with Crippen LogP contribution in [0.1, 0.15) is 0 Å². The predicted molar refractivity (Wildman–Crippen MR) is 119 cm³/mol. The summed E-state index contributed by atoms with van der Waals surface area (Å²) in [5, 5.41) is 5.32. The van der Waals surface area contributed by atoms with E-state index in [1.807, 2.05) is 62.6 Å². The van der Waals surface area contributed by atoms with Gasteiger partial charge in [0.05, 0.1) is 33.2 Å². The van der Waals surface area contributed by atoms with Crippen LogP contribution < -0.4 is 29.3 Å². The Morgan fingerprint density at radius 2 is 1.57 bits per heavy atom. The molecular weight excluding hydrogens is 548 g/mol. The van der Waals surface area contributed by atoms with Gasteiger partial charge in [-0.1, -0.05) is 11.6 Å². The Hall–Kier alpha value is -0.0705. The molecule has 0 unspecified atom stereocenters. The van der Waals surface area contributed by atoms with Gasteiger partial charge >= 0.3 is 17.1 Å². The molecule has 4 rings (SSSR count). The third kappa shape index (κ3) is 9.20. The van der Waals surface area contributed by atoms with Gasteiger partial charge in [-0.15, -0.1) is 0 Å². The maximum atomic E-state index is 6.04. The molecule has 0 bridgehead atoms. The number of nitrogens with zero attached hydrogens (tertiary/aromatic N) is 2. The number of nitrogens with one attached hydrogen (secondary N) is 1. The van der Waals surface area contributed by atoms with Crippen LogP contribution in [-0.4, -0.2) is 43.7 Å². The smallest absolute Gasteiger partial charge is 1.00 e. The number of anilines is 1. The van der Waals surface area contributed by atoms with Gasteiger partial charge in [0.1, 0.15) is 0 Å². The van der Waals surface area contributed by atoms with Gasteiger partial charge in [-0.25, -0.2) is 0 Å². The molecule has 2 saturated carbocycles. The predicted octanol–water partition coefficient (Wildman–Crippen LogP) is 1.80. The van der Waals surface area contributed by atoms with Gasteiger partial charge in [0.2, 0.25) is 0 Å². The first-order valence-corrected chi connectivity index (χ1v) is 9.78. The maximum Gasteiger partial charge on any atom is 2.00 e. The first-order valence-electron chi connectivity index (χ1n) is 9.40. The first kappa shape index (κ1) is 28.0.